The summed E-state index contributed by atoms with van der Waals surface area (Å²) in [5.41, 5.74) is 1.36. The maximum absolute atomic E-state index is 13.3. The molecule has 0 atom stereocenters. The van der Waals surface area contributed by atoms with Gasteiger partial charge in [-0.1, -0.05) is 30.3 Å². The summed E-state index contributed by atoms with van der Waals surface area (Å²) >= 11 is 0. The van der Waals surface area contributed by atoms with Crippen LogP contribution in [-0.2, 0) is 11.2 Å². The summed E-state index contributed by atoms with van der Waals surface area (Å²) in [5, 5.41) is 8.65. The van der Waals surface area contributed by atoms with E-state index in [1.165, 1.54) is 12.1 Å². The molecule has 0 unspecified atom stereocenters. The monoisotopic (exact) mass is 231 g/mol. The van der Waals surface area contributed by atoms with Crippen LogP contribution in [0.5, 0.6) is 0 Å². The zero-order valence-corrected chi connectivity index (χ0v) is 8.93. The Morgan fingerprint density at radius 3 is 2.53 bits per heavy atom. The molecule has 0 amide bonds. The Hall–Kier alpha value is -2.23. The summed E-state index contributed by atoms with van der Waals surface area (Å²) in [4.78, 5) is 14.6. The fourth-order valence-electron chi connectivity index (χ4n) is 1.52. The molecule has 0 aliphatic rings. The third kappa shape index (κ3) is 2.66. The fraction of sp³-hybridized carbons (Fsp3) is 0.0769. The number of nitrogens with zero attached hydrogens (tertiary/aromatic N) is 1. The standard InChI is InChI=1S/C13H10FNO2/c14-10-6-7-11(9-4-2-1-3-5-9)15-12(10)8-13(16)17/h1-7H,8H2,(H,16,17). The van der Waals surface area contributed by atoms with Crippen molar-refractivity contribution in [3.8, 4) is 11.3 Å². The Morgan fingerprint density at radius 2 is 1.88 bits per heavy atom. The van der Waals surface area contributed by atoms with Crippen LogP contribution in [0.1, 0.15) is 5.69 Å². The molecule has 0 spiro atoms. The van der Waals surface area contributed by atoms with E-state index < -0.39 is 18.2 Å². The first-order chi connectivity index (χ1) is 8.16. The van der Waals surface area contributed by atoms with Crippen LogP contribution in [0.15, 0.2) is 42.5 Å². The summed E-state index contributed by atoms with van der Waals surface area (Å²) in [7, 11) is 0. The summed E-state index contributed by atoms with van der Waals surface area (Å²) in [6.45, 7) is 0. The summed E-state index contributed by atoms with van der Waals surface area (Å²) in [6.07, 6.45) is -0.410. The quantitative estimate of drug-likeness (QED) is 0.883. The van der Waals surface area contributed by atoms with Gasteiger partial charge in [-0.15, -0.1) is 0 Å². The highest BCUT2D eigenvalue weighted by molar-refractivity contribution is 5.70. The predicted molar refractivity (Wildman–Crippen MR) is 61.0 cm³/mol. The molecule has 1 aromatic carbocycles. The third-order valence-electron chi connectivity index (χ3n) is 2.31. The van der Waals surface area contributed by atoms with Crippen molar-refractivity contribution < 1.29 is 14.3 Å². The molecule has 0 aliphatic carbocycles. The predicted octanol–water partition coefficient (Wildman–Crippen LogP) is 2.51. The Labute approximate surface area is 97.6 Å². The number of pyridine rings is 1. The fourth-order valence-corrected chi connectivity index (χ4v) is 1.52. The Bertz CT molecular complexity index is 540. The van der Waals surface area contributed by atoms with Crippen LogP contribution in [-0.4, -0.2) is 16.1 Å². The summed E-state index contributed by atoms with van der Waals surface area (Å²) in [6, 6.07) is 12.0. The molecule has 86 valence electrons. The van der Waals surface area contributed by atoms with E-state index in [-0.39, 0.29) is 5.69 Å². The van der Waals surface area contributed by atoms with Gasteiger partial charge in [0.15, 0.2) is 0 Å². The first-order valence-electron chi connectivity index (χ1n) is 5.09. The average Bonchev–Trinajstić information content (AvgIpc) is 2.32. The molecule has 1 heterocycles. The molecular formula is C13H10FNO2. The SMILES string of the molecule is O=C(O)Cc1nc(-c2ccccc2)ccc1F. The maximum Gasteiger partial charge on any atom is 0.309 e. The second-order valence-corrected chi connectivity index (χ2v) is 3.56. The van der Waals surface area contributed by atoms with Crippen molar-refractivity contribution in [2.45, 2.75) is 6.42 Å². The van der Waals surface area contributed by atoms with E-state index in [9.17, 15) is 9.18 Å². The van der Waals surface area contributed by atoms with Gasteiger partial charge in [0.25, 0.3) is 0 Å². The van der Waals surface area contributed by atoms with Gasteiger partial charge < -0.3 is 5.11 Å². The normalized spacial score (nSPS) is 10.2. The Kier molecular flexibility index (Phi) is 3.14. The van der Waals surface area contributed by atoms with Crippen LogP contribution in [0.25, 0.3) is 11.3 Å². The van der Waals surface area contributed by atoms with E-state index >= 15 is 0 Å². The second kappa shape index (κ2) is 4.74. The second-order valence-electron chi connectivity index (χ2n) is 3.56. The van der Waals surface area contributed by atoms with E-state index in [1.54, 1.807) is 0 Å². The van der Waals surface area contributed by atoms with Crippen LogP contribution in [0.2, 0.25) is 0 Å². The molecule has 2 aromatic rings. The number of hydrogen-bond donors (Lipinski definition) is 1. The third-order valence-corrected chi connectivity index (χ3v) is 2.31. The number of hydrogen-bond acceptors (Lipinski definition) is 2. The lowest BCUT2D eigenvalue weighted by molar-refractivity contribution is -0.136. The number of aromatic nitrogens is 1. The van der Waals surface area contributed by atoms with Gasteiger partial charge in [0.2, 0.25) is 0 Å². The molecule has 3 nitrogen and oxygen atoms in total. The van der Waals surface area contributed by atoms with Crippen molar-refractivity contribution in [2.24, 2.45) is 0 Å². The molecule has 17 heavy (non-hydrogen) atoms. The van der Waals surface area contributed by atoms with Crippen LogP contribution >= 0.6 is 0 Å². The smallest absolute Gasteiger partial charge is 0.309 e. The number of benzene rings is 1. The van der Waals surface area contributed by atoms with E-state index in [4.69, 9.17) is 5.11 Å². The Morgan fingerprint density at radius 1 is 1.18 bits per heavy atom. The van der Waals surface area contributed by atoms with Crippen molar-refractivity contribution in [1.82, 2.24) is 4.98 Å². The maximum atomic E-state index is 13.3. The van der Waals surface area contributed by atoms with Gasteiger partial charge in [0, 0.05) is 5.56 Å². The molecule has 1 aromatic heterocycles. The number of carboxylic acid groups (broad SMARTS) is 1. The van der Waals surface area contributed by atoms with E-state index in [0.29, 0.717) is 5.69 Å². The minimum Gasteiger partial charge on any atom is -0.481 e. The Balaban J connectivity index is 2.41. The molecule has 1 N–H and O–H groups in total. The zero-order chi connectivity index (χ0) is 12.3. The van der Waals surface area contributed by atoms with Crippen molar-refractivity contribution in [2.75, 3.05) is 0 Å². The van der Waals surface area contributed by atoms with Gasteiger partial charge in [-0.25, -0.2) is 9.37 Å². The number of carbonyl (C=O) groups is 1. The van der Waals surface area contributed by atoms with E-state index in [0.717, 1.165) is 5.56 Å². The van der Waals surface area contributed by atoms with Gasteiger partial charge in [0.1, 0.15) is 5.82 Å². The lowest BCUT2D eigenvalue weighted by atomic mass is 10.1. The lowest BCUT2D eigenvalue weighted by Crippen LogP contribution is -2.05. The van der Waals surface area contributed by atoms with Crippen LogP contribution < -0.4 is 0 Å². The minimum atomic E-state index is -1.10. The molecule has 0 aliphatic heterocycles. The average molecular weight is 231 g/mol. The van der Waals surface area contributed by atoms with Gasteiger partial charge in [-0.2, -0.15) is 0 Å². The summed E-state index contributed by atoms with van der Waals surface area (Å²) in [5.74, 6) is -1.69. The molecule has 0 fully saturated rings. The van der Waals surface area contributed by atoms with Gasteiger partial charge in [-0.3, -0.25) is 4.79 Å². The summed E-state index contributed by atoms with van der Waals surface area (Å²) < 4.78 is 13.3. The van der Waals surface area contributed by atoms with Gasteiger partial charge >= 0.3 is 5.97 Å². The van der Waals surface area contributed by atoms with Crippen molar-refractivity contribution >= 4 is 5.97 Å². The molecule has 0 saturated heterocycles. The van der Waals surface area contributed by atoms with E-state index in [2.05, 4.69) is 4.98 Å². The minimum absolute atomic E-state index is 0.0427. The van der Waals surface area contributed by atoms with Crippen LogP contribution in [0, 0.1) is 5.82 Å². The van der Waals surface area contributed by atoms with Gasteiger partial charge in [0.05, 0.1) is 17.8 Å². The largest absolute Gasteiger partial charge is 0.481 e. The zero-order valence-electron chi connectivity index (χ0n) is 8.93. The first-order valence-corrected chi connectivity index (χ1v) is 5.09. The topological polar surface area (TPSA) is 50.2 Å². The first kappa shape index (κ1) is 11.3. The van der Waals surface area contributed by atoms with E-state index in [1.807, 2.05) is 30.3 Å². The van der Waals surface area contributed by atoms with Gasteiger partial charge in [-0.05, 0) is 12.1 Å². The molecular weight excluding hydrogens is 221 g/mol. The number of aliphatic carboxylic acids is 1. The van der Waals surface area contributed by atoms with Crippen molar-refractivity contribution in [3.05, 3.63) is 54.0 Å². The van der Waals surface area contributed by atoms with Crippen molar-refractivity contribution in [1.29, 1.82) is 0 Å². The molecule has 0 bridgehead atoms. The number of rotatable bonds is 3. The molecule has 0 saturated carbocycles. The van der Waals surface area contributed by atoms with Crippen LogP contribution in [0.3, 0.4) is 0 Å². The molecule has 2 rings (SSSR count). The number of halogens is 1. The number of carboxylic acids is 1. The highest BCUT2D eigenvalue weighted by Crippen LogP contribution is 2.18. The van der Waals surface area contributed by atoms with Crippen molar-refractivity contribution in [3.63, 3.8) is 0 Å². The van der Waals surface area contributed by atoms with Crippen LogP contribution in [0.4, 0.5) is 4.39 Å². The molecule has 4 heteroatoms. The molecule has 0 radical (unpaired) electrons. The highest BCUT2D eigenvalue weighted by Gasteiger charge is 2.10. The lowest BCUT2D eigenvalue weighted by Gasteiger charge is -2.04. The highest BCUT2D eigenvalue weighted by atomic mass is 19.1.